The number of ether oxygens (including phenoxy) is 3. The van der Waals surface area contributed by atoms with Gasteiger partial charge in [-0.15, -0.1) is 0 Å². The summed E-state index contributed by atoms with van der Waals surface area (Å²) in [7, 11) is 0. The van der Waals surface area contributed by atoms with Crippen molar-refractivity contribution in [3.05, 3.63) is 58.7 Å². The summed E-state index contributed by atoms with van der Waals surface area (Å²) in [5.74, 6) is -1.88. The van der Waals surface area contributed by atoms with Crippen LogP contribution >= 0.6 is 0 Å². The highest BCUT2D eigenvalue weighted by molar-refractivity contribution is 5.98. The maximum absolute atomic E-state index is 13.3. The Hall–Kier alpha value is -4.14. The number of hydrogen-bond acceptors (Lipinski definition) is 8. The molecule has 0 unspecified atom stereocenters. The topological polar surface area (TPSA) is 142 Å². The lowest BCUT2D eigenvalue weighted by Crippen LogP contribution is -2.23. The maximum Gasteiger partial charge on any atom is 0.342 e. The monoisotopic (exact) mass is 521 g/mol. The van der Waals surface area contributed by atoms with Gasteiger partial charge in [0.15, 0.2) is 6.61 Å². The van der Waals surface area contributed by atoms with Gasteiger partial charge in [-0.25, -0.2) is 4.79 Å². The van der Waals surface area contributed by atoms with Gasteiger partial charge < -0.3 is 25.1 Å². The number of esters is 2. The fourth-order valence-electron chi connectivity index (χ4n) is 4.75. The lowest BCUT2D eigenvalue weighted by molar-refractivity contribution is -0.135. The smallest absolute Gasteiger partial charge is 0.342 e. The number of allylic oxidation sites excluding steroid dienone is 1. The molecule has 0 fully saturated rings. The molecule has 2 heterocycles. The number of carbonyl (C=O) groups is 4. The molecular weight excluding hydrogens is 490 g/mol. The second kappa shape index (κ2) is 11.9. The van der Waals surface area contributed by atoms with Gasteiger partial charge in [-0.2, -0.15) is 0 Å². The highest BCUT2D eigenvalue weighted by Crippen LogP contribution is 2.47. The summed E-state index contributed by atoms with van der Waals surface area (Å²) in [6.45, 7) is 1.49. The van der Waals surface area contributed by atoms with Crippen molar-refractivity contribution < 1.29 is 38.5 Å². The molecule has 0 spiro atoms. The molecule has 1 amide bonds. The Morgan fingerprint density at radius 3 is 2.61 bits per heavy atom. The first kappa shape index (κ1) is 26.9. The number of hydrogen-bond donors (Lipinski definition) is 2. The average Bonchev–Trinajstić information content (AvgIpc) is 2.86. The van der Waals surface area contributed by atoms with Crippen LogP contribution in [0.15, 0.2) is 36.4 Å². The third-order valence-corrected chi connectivity index (χ3v) is 6.64. The summed E-state index contributed by atoms with van der Waals surface area (Å²) in [6, 6.07) is 8.28. The van der Waals surface area contributed by atoms with E-state index in [0.29, 0.717) is 61.0 Å². The minimum absolute atomic E-state index is 0.00402. The van der Waals surface area contributed by atoms with E-state index in [2.05, 4.69) is 0 Å². The number of amides is 1. The van der Waals surface area contributed by atoms with Gasteiger partial charge in [0, 0.05) is 24.3 Å². The van der Waals surface area contributed by atoms with Gasteiger partial charge in [-0.05, 0) is 61.9 Å². The van der Waals surface area contributed by atoms with Crippen molar-refractivity contribution in [2.45, 2.75) is 63.9 Å². The van der Waals surface area contributed by atoms with E-state index in [9.17, 15) is 24.3 Å². The first-order valence-electron chi connectivity index (χ1n) is 12.7. The molecule has 2 atom stereocenters. The summed E-state index contributed by atoms with van der Waals surface area (Å²) < 4.78 is 16.4. The van der Waals surface area contributed by atoms with Crippen LogP contribution < -0.4 is 15.2 Å². The molecule has 200 valence electrons. The molecule has 9 heteroatoms. The third-order valence-electron chi connectivity index (χ3n) is 6.64. The Bertz CT molecular complexity index is 1260. The zero-order valence-corrected chi connectivity index (χ0v) is 21.2. The van der Waals surface area contributed by atoms with Crippen molar-refractivity contribution in [3.8, 4) is 17.2 Å². The van der Waals surface area contributed by atoms with Gasteiger partial charge in [0.25, 0.3) is 5.91 Å². The molecule has 0 bridgehead atoms. The largest absolute Gasteiger partial charge is 0.507 e. The number of ketones is 1. The molecule has 38 heavy (non-hydrogen) atoms. The van der Waals surface area contributed by atoms with E-state index in [1.165, 1.54) is 0 Å². The number of benzene rings is 2. The SMILES string of the molecule is C[C@@H]1CCCC(=O)CCC/C=C/c2cc3c(c(O)c2C(=O)O1)[C@@H](c1ccc(OCC(N)=O)cc1)CC(=O)O3. The van der Waals surface area contributed by atoms with Crippen LogP contribution in [0.25, 0.3) is 6.08 Å². The number of fused-ring (bicyclic) bond motifs is 2. The first-order chi connectivity index (χ1) is 18.2. The number of cyclic esters (lactones) is 1. The molecule has 9 nitrogen and oxygen atoms in total. The van der Waals surface area contributed by atoms with Crippen LogP contribution in [0.2, 0.25) is 0 Å². The lowest BCUT2D eigenvalue weighted by Gasteiger charge is -2.28. The predicted molar refractivity (Wildman–Crippen MR) is 138 cm³/mol. The zero-order chi connectivity index (χ0) is 27.2. The van der Waals surface area contributed by atoms with E-state index in [-0.39, 0.29) is 35.9 Å². The summed E-state index contributed by atoms with van der Waals surface area (Å²) in [5.41, 5.74) is 6.50. The number of aromatic hydroxyl groups is 1. The predicted octanol–water partition coefficient (Wildman–Crippen LogP) is 4.18. The van der Waals surface area contributed by atoms with Crippen LogP contribution in [0.3, 0.4) is 0 Å². The van der Waals surface area contributed by atoms with Gasteiger partial charge in [0.05, 0.1) is 12.5 Å². The molecule has 2 aromatic rings. The summed E-state index contributed by atoms with van der Waals surface area (Å²) >= 11 is 0. The fraction of sp³-hybridized carbons (Fsp3) is 0.379. The number of carbonyl (C=O) groups excluding carboxylic acids is 4. The Morgan fingerprint density at radius 1 is 1.13 bits per heavy atom. The molecule has 2 aromatic carbocycles. The number of phenolic OH excluding ortho intramolecular Hbond substituents is 1. The van der Waals surface area contributed by atoms with Crippen LogP contribution in [0, 0.1) is 0 Å². The minimum Gasteiger partial charge on any atom is -0.507 e. The van der Waals surface area contributed by atoms with Crippen LogP contribution in [-0.2, 0) is 19.1 Å². The standard InChI is InChI=1S/C29H31NO8/c1-17-6-5-9-20(31)8-4-2-3-7-19-14-23-27(28(34)26(19)29(35)37-17)22(15-25(33)38-23)18-10-12-21(13-11-18)36-16-24(30)32/h3,7,10-14,17,22,34H,2,4-6,8-9,15-16H2,1H3,(H2,30,32)/b7-3+/t17-,22-/m1/s1. The number of nitrogens with two attached hydrogens (primary N) is 1. The highest BCUT2D eigenvalue weighted by atomic mass is 16.5. The van der Waals surface area contributed by atoms with Gasteiger partial charge in [-0.3, -0.25) is 14.4 Å². The highest BCUT2D eigenvalue weighted by Gasteiger charge is 2.35. The van der Waals surface area contributed by atoms with E-state index in [1.807, 2.05) is 6.08 Å². The van der Waals surface area contributed by atoms with E-state index >= 15 is 0 Å². The Kier molecular flexibility index (Phi) is 8.45. The minimum atomic E-state index is -0.688. The maximum atomic E-state index is 13.3. The molecule has 2 aliphatic rings. The van der Waals surface area contributed by atoms with Gasteiger partial charge in [0.2, 0.25) is 0 Å². The van der Waals surface area contributed by atoms with E-state index in [4.69, 9.17) is 19.9 Å². The van der Waals surface area contributed by atoms with Gasteiger partial charge in [-0.1, -0.05) is 24.3 Å². The second-order valence-corrected chi connectivity index (χ2v) is 9.60. The molecule has 4 rings (SSSR count). The van der Waals surface area contributed by atoms with Crippen LogP contribution in [-0.4, -0.2) is 41.4 Å². The average molecular weight is 522 g/mol. The molecule has 0 aliphatic carbocycles. The Balaban J connectivity index is 1.74. The normalized spacial score (nSPS) is 21.2. The third kappa shape index (κ3) is 6.40. The lowest BCUT2D eigenvalue weighted by atomic mass is 9.83. The molecule has 0 saturated carbocycles. The summed E-state index contributed by atoms with van der Waals surface area (Å²) in [6.07, 6.45) is 6.36. The van der Waals surface area contributed by atoms with Crippen molar-refractivity contribution >= 4 is 29.7 Å². The van der Waals surface area contributed by atoms with Crippen molar-refractivity contribution in [2.75, 3.05) is 6.61 Å². The summed E-state index contributed by atoms with van der Waals surface area (Å²) in [5, 5.41) is 11.4. The molecule has 3 N–H and O–H groups in total. The number of phenols is 1. The van der Waals surface area contributed by atoms with Crippen molar-refractivity contribution in [1.29, 1.82) is 0 Å². The summed E-state index contributed by atoms with van der Waals surface area (Å²) in [4.78, 5) is 48.9. The quantitative estimate of drug-likeness (QED) is 0.451. The van der Waals surface area contributed by atoms with Crippen molar-refractivity contribution in [2.24, 2.45) is 5.73 Å². The molecular formula is C29H31NO8. The fourth-order valence-corrected chi connectivity index (χ4v) is 4.75. The Labute approximate surface area is 220 Å². The van der Waals surface area contributed by atoms with Gasteiger partial charge in [0.1, 0.15) is 28.6 Å². The van der Waals surface area contributed by atoms with E-state index < -0.39 is 29.9 Å². The van der Waals surface area contributed by atoms with Crippen molar-refractivity contribution in [1.82, 2.24) is 0 Å². The van der Waals surface area contributed by atoms with E-state index in [1.54, 1.807) is 43.3 Å². The number of rotatable bonds is 4. The number of primary amides is 1. The first-order valence-corrected chi connectivity index (χ1v) is 12.7. The Morgan fingerprint density at radius 2 is 1.87 bits per heavy atom. The van der Waals surface area contributed by atoms with Crippen LogP contribution in [0.4, 0.5) is 0 Å². The molecule has 2 aliphatic heterocycles. The second-order valence-electron chi connectivity index (χ2n) is 9.60. The zero-order valence-electron chi connectivity index (χ0n) is 21.2. The van der Waals surface area contributed by atoms with Crippen LogP contribution in [0.1, 0.15) is 84.8 Å². The van der Waals surface area contributed by atoms with Gasteiger partial charge >= 0.3 is 11.9 Å². The number of Topliss-reactive ketones (excluding diaryl/α,β-unsaturated/α-hetero) is 1. The van der Waals surface area contributed by atoms with Crippen LogP contribution in [0.5, 0.6) is 17.2 Å². The van der Waals surface area contributed by atoms with Crippen molar-refractivity contribution in [3.63, 3.8) is 0 Å². The van der Waals surface area contributed by atoms with E-state index in [0.717, 1.165) is 0 Å². The molecule has 0 radical (unpaired) electrons. The molecule has 0 aromatic heterocycles. The molecule has 0 saturated heterocycles.